The maximum absolute atomic E-state index is 13.6. The summed E-state index contributed by atoms with van der Waals surface area (Å²) in [5.41, 5.74) is -0.513. The standard InChI is InChI=1S/C14H16F2O5/c1-3-20-13(18)11(14(19)21-4-2)12(17)9-7-8(15)5-6-10(9)16/h5-7,11-12,17H,3-4H2,1-2H3. The van der Waals surface area contributed by atoms with E-state index in [0.29, 0.717) is 6.07 Å². The SMILES string of the molecule is CCOC(=O)C(C(=O)OCC)C(O)c1cc(F)ccc1F. The van der Waals surface area contributed by atoms with Gasteiger partial charge in [0.1, 0.15) is 17.7 Å². The van der Waals surface area contributed by atoms with Crippen LogP contribution in [0.25, 0.3) is 0 Å². The molecule has 0 bridgehead atoms. The molecular weight excluding hydrogens is 286 g/mol. The summed E-state index contributed by atoms with van der Waals surface area (Å²) in [5, 5.41) is 10.1. The maximum atomic E-state index is 13.6. The fraction of sp³-hybridized carbons (Fsp3) is 0.429. The highest BCUT2D eigenvalue weighted by Crippen LogP contribution is 2.27. The van der Waals surface area contributed by atoms with Gasteiger partial charge in [-0.05, 0) is 32.0 Å². The van der Waals surface area contributed by atoms with Crippen molar-refractivity contribution >= 4 is 11.9 Å². The summed E-state index contributed by atoms with van der Waals surface area (Å²) >= 11 is 0. The van der Waals surface area contributed by atoms with Gasteiger partial charge >= 0.3 is 11.9 Å². The van der Waals surface area contributed by atoms with Gasteiger partial charge in [-0.2, -0.15) is 0 Å². The van der Waals surface area contributed by atoms with Crippen LogP contribution in [-0.2, 0) is 19.1 Å². The highest BCUT2D eigenvalue weighted by Gasteiger charge is 2.38. The third-order valence-electron chi connectivity index (χ3n) is 2.67. The van der Waals surface area contributed by atoms with Crippen molar-refractivity contribution in [3.05, 3.63) is 35.4 Å². The first-order valence-electron chi connectivity index (χ1n) is 6.38. The zero-order chi connectivity index (χ0) is 16.0. The smallest absolute Gasteiger partial charge is 0.323 e. The molecule has 1 aromatic rings. The molecule has 1 N–H and O–H groups in total. The Kier molecular flexibility index (Phi) is 6.23. The molecule has 0 fully saturated rings. The van der Waals surface area contributed by atoms with E-state index in [1.54, 1.807) is 0 Å². The minimum absolute atomic E-state index is 0.0346. The predicted molar refractivity (Wildman–Crippen MR) is 68.1 cm³/mol. The average molecular weight is 302 g/mol. The van der Waals surface area contributed by atoms with Crippen LogP contribution in [0.2, 0.25) is 0 Å². The molecule has 7 heteroatoms. The van der Waals surface area contributed by atoms with Gasteiger partial charge < -0.3 is 14.6 Å². The van der Waals surface area contributed by atoms with Gasteiger partial charge in [0.2, 0.25) is 0 Å². The van der Waals surface area contributed by atoms with Crippen LogP contribution < -0.4 is 0 Å². The Bertz CT molecular complexity index is 500. The van der Waals surface area contributed by atoms with Gasteiger partial charge in [0.15, 0.2) is 5.92 Å². The Labute approximate surface area is 120 Å². The first-order valence-corrected chi connectivity index (χ1v) is 6.38. The third-order valence-corrected chi connectivity index (χ3v) is 2.67. The van der Waals surface area contributed by atoms with Crippen LogP contribution in [0.15, 0.2) is 18.2 Å². The number of carbonyl (C=O) groups excluding carboxylic acids is 2. The topological polar surface area (TPSA) is 72.8 Å². The van der Waals surface area contributed by atoms with E-state index in [2.05, 4.69) is 9.47 Å². The number of hydrogen-bond acceptors (Lipinski definition) is 5. The number of aliphatic hydroxyl groups is 1. The zero-order valence-corrected chi connectivity index (χ0v) is 11.6. The molecule has 0 aliphatic carbocycles. The zero-order valence-electron chi connectivity index (χ0n) is 11.6. The van der Waals surface area contributed by atoms with Crippen molar-refractivity contribution in [1.82, 2.24) is 0 Å². The monoisotopic (exact) mass is 302 g/mol. The number of benzene rings is 1. The van der Waals surface area contributed by atoms with Crippen molar-refractivity contribution in [2.24, 2.45) is 5.92 Å². The van der Waals surface area contributed by atoms with Gasteiger partial charge in [-0.15, -0.1) is 0 Å². The summed E-state index contributed by atoms with van der Waals surface area (Å²) in [5.74, 6) is -5.65. The Balaban J connectivity index is 3.14. The average Bonchev–Trinajstić information content (AvgIpc) is 2.42. The number of carbonyl (C=O) groups is 2. The maximum Gasteiger partial charge on any atom is 0.323 e. The molecule has 21 heavy (non-hydrogen) atoms. The lowest BCUT2D eigenvalue weighted by atomic mass is 9.95. The molecule has 0 saturated carbocycles. The van der Waals surface area contributed by atoms with E-state index >= 15 is 0 Å². The van der Waals surface area contributed by atoms with E-state index in [-0.39, 0.29) is 13.2 Å². The van der Waals surface area contributed by atoms with Crippen molar-refractivity contribution in [3.8, 4) is 0 Å². The molecule has 1 rings (SSSR count). The molecule has 0 amide bonds. The Hall–Kier alpha value is -2.02. The van der Waals surface area contributed by atoms with E-state index in [1.807, 2.05) is 0 Å². The van der Waals surface area contributed by atoms with Crippen molar-refractivity contribution < 1.29 is 33.0 Å². The lowest BCUT2D eigenvalue weighted by Gasteiger charge is -2.20. The van der Waals surface area contributed by atoms with Gasteiger partial charge in [-0.25, -0.2) is 8.78 Å². The van der Waals surface area contributed by atoms with E-state index in [9.17, 15) is 23.5 Å². The fourth-order valence-electron chi connectivity index (χ4n) is 1.74. The first kappa shape index (κ1) is 17.0. The van der Waals surface area contributed by atoms with Crippen LogP contribution in [0, 0.1) is 17.6 Å². The molecule has 0 aliphatic rings. The van der Waals surface area contributed by atoms with E-state index in [0.717, 1.165) is 12.1 Å². The summed E-state index contributed by atoms with van der Waals surface area (Å²) in [6, 6.07) is 2.36. The second kappa shape index (κ2) is 7.68. The number of ether oxygens (including phenoxy) is 2. The molecule has 1 atom stereocenters. The first-order chi connectivity index (χ1) is 9.92. The Morgan fingerprint density at radius 3 is 2.14 bits per heavy atom. The van der Waals surface area contributed by atoms with Crippen LogP contribution >= 0.6 is 0 Å². The van der Waals surface area contributed by atoms with Crippen LogP contribution in [0.1, 0.15) is 25.5 Å². The summed E-state index contributed by atoms with van der Waals surface area (Å²) in [6.07, 6.45) is -1.90. The van der Waals surface area contributed by atoms with Gasteiger partial charge in [0.25, 0.3) is 0 Å². The molecule has 0 aromatic heterocycles. The van der Waals surface area contributed by atoms with E-state index < -0.39 is 41.2 Å². The highest BCUT2D eigenvalue weighted by molar-refractivity contribution is 5.95. The van der Waals surface area contributed by atoms with Crippen molar-refractivity contribution in [2.75, 3.05) is 13.2 Å². The van der Waals surface area contributed by atoms with Crippen LogP contribution in [0.5, 0.6) is 0 Å². The second-order valence-corrected chi connectivity index (χ2v) is 4.09. The van der Waals surface area contributed by atoms with E-state index in [1.165, 1.54) is 13.8 Å². The Morgan fingerprint density at radius 2 is 1.67 bits per heavy atom. The predicted octanol–water partition coefficient (Wildman–Crippen LogP) is 1.74. The minimum atomic E-state index is -1.90. The summed E-state index contributed by atoms with van der Waals surface area (Å²) in [7, 11) is 0. The van der Waals surface area contributed by atoms with Crippen molar-refractivity contribution in [2.45, 2.75) is 20.0 Å². The second-order valence-electron chi connectivity index (χ2n) is 4.09. The number of hydrogen-bond donors (Lipinski definition) is 1. The molecule has 1 aromatic carbocycles. The van der Waals surface area contributed by atoms with E-state index in [4.69, 9.17) is 0 Å². The number of aliphatic hydroxyl groups excluding tert-OH is 1. The van der Waals surface area contributed by atoms with Crippen molar-refractivity contribution in [1.29, 1.82) is 0 Å². The Morgan fingerprint density at radius 1 is 1.14 bits per heavy atom. The molecule has 0 aliphatic heterocycles. The molecule has 0 saturated heterocycles. The van der Waals surface area contributed by atoms with Crippen LogP contribution in [0.4, 0.5) is 8.78 Å². The summed E-state index contributed by atoms with van der Waals surface area (Å²) < 4.78 is 36.1. The number of halogens is 2. The molecule has 0 heterocycles. The summed E-state index contributed by atoms with van der Waals surface area (Å²) in [6.45, 7) is 2.95. The van der Waals surface area contributed by atoms with Gasteiger partial charge in [-0.3, -0.25) is 9.59 Å². The molecule has 116 valence electrons. The molecule has 0 spiro atoms. The quantitative estimate of drug-likeness (QED) is 0.640. The minimum Gasteiger partial charge on any atom is -0.465 e. The van der Waals surface area contributed by atoms with Crippen molar-refractivity contribution in [3.63, 3.8) is 0 Å². The fourth-order valence-corrected chi connectivity index (χ4v) is 1.74. The normalized spacial score (nSPS) is 12.1. The molecule has 1 unspecified atom stereocenters. The number of esters is 2. The van der Waals surface area contributed by atoms with Gasteiger partial charge in [-0.1, -0.05) is 0 Å². The molecule has 5 nitrogen and oxygen atoms in total. The molecular formula is C14H16F2O5. The van der Waals surface area contributed by atoms with Crippen LogP contribution in [0.3, 0.4) is 0 Å². The molecule has 0 radical (unpaired) electrons. The largest absolute Gasteiger partial charge is 0.465 e. The number of rotatable bonds is 6. The summed E-state index contributed by atoms with van der Waals surface area (Å²) in [4.78, 5) is 23.5. The lowest BCUT2D eigenvalue weighted by molar-refractivity contribution is -0.167. The highest BCUT2D eigenvalue weighted by atomic mass is 19.1. The van der Waals surface area contributed by atoms with Gasteiger partial charge in [0.05, 0.1) is 13.2 Å². The van der Waals surface area contributed by atoms with Gasteiger partial charge in [0, 0.05) is 5.56 Å². The lowest BCUT2D eigenvalue weighted by Crippen LogP contribution is -2.33. The third kappa shape index (κ3) is 4.22. The van der Waals surface area contributed by atoms with Crippen LogP contribution in [-0.4, -0.2) is 30.3 Å².